The predicted octanol–water partition coefficient (Wildman–Crippen LogP) is 2.64. The van der Waals surface area contributed by atoms with Gasteiger partial charge in [0, 0.05) is 0 Å². The van der Waals surface area contributed by atoms with Crippen LogP contribution in [0.5, 0.6) is 0 Å². The lowest BCUT2D eigenvalue weighted by Gasteiger charge is -2.64. The summed E-state index contributed by atoms with van der Waals surface area (Å²) in [4.78, 5) is 0. The summed E-state index contributed by atoms with van der Waals surface area (Å²) in [6, 6.07) is 0. The van der Waals surface area contributed by atoms with Crippen LogP contribution in [0.4, 0.5) is 0 Å². The van der Waals surface area contributed by atoms with E-state index in [4.69, 9.17) is 9.31 Å². The van der Waals surface area contributed by atoms with Crippen molar-refractivity contribution in [3.8, 4) is 0 Å². The number of hydrogen-bond donors (Lipinski definition) is 1. The van der Waals surface area contributed by atoms with Gasteiger partial charge in [-0.25, -0.2) is 0 Å². The van der Waals surface area contributed by atoms with Gasteiger partial charge in [0.25, 0.3) is 0 Å². The molecule has 0 radical (unpaired) electrons. The fourth-order valence-corrected chi connectivity index (χ4v) is 4.39. The summed E-state index contributed by atoms with van der Waals surface area (Å²) in [5.74, 6) is 2.35. The third kappa shape index (κ3) is 1.30. The van der Waals surface area contributed by atoms with E-state index in [0.717, 1.165) is 18.0 Å². The molecule has 0 aromatic rings. The maximum atomic E-state index is 6.21. The van der Waals surface area contributed by atoms with Crippen LogP contribution in [0.15, 0.2) is 0 Å². The van der Waals surface area contributed by atoms with E-state index in [-0.39, 0.29) is 12.7 Å². The third-order valence-corrected chi connectivity index (χ3v) is 5.62. The zero-order valence-corrected chi connectivity index (χ0v) is 11.3. The van der Waals surface area contributed by atoms with Crippen LogP contribution in [0.25, 0.3) is 0 Å². The molecule has 0 aromatic heterocycles. The summed E-state index contributed by atoms with van der Waals surface area (Å²) in [6.45, 7) is 7.04. The Balaban J connectivity index is 1.81. The van der Waals surface area contributed by atoms with E-state index in [2.05, 4.69) is 33.4 Å². The molecule has 4 fully saturated rings. The van der Waals surface area contributed by atoms with Gasteiger partial charge in [-0.15, -0.1) is 0 Å². The highest BCUT2D eigenvalue weighted by Crippen LogP contribution is 2.65. The van der Waals surface area contributed by atoms with E-state index in [1.807, 2.05) is 0 Å². The van der Waals surface area contributed by atoms with Crippen molar-refractivity contribution in [1.29, 1.82) is 0 Å². The summed E-state index contributed by atoms with van der Waals surface area (Å²) in [5, 5.41) is 0. The van der Waals surface area contributed by atoms with Gasteiger partial charge in [0.05, 0.1) is 11.7 Å². The van der Waals surface area contributed by atoms with Crippen molar-refractivity contribution in [2.75, 3.05) is 5.75 Å². The van der Waals surface area contributed by atoms with Gasteiger partial charge in [0.15, 0.2) is 0 Å². The van der Waals surface area contributed by atoms with E-state index in [1.54, 1.807) is 0 Å². The van der Waals surface area contributed by atoms with Gasteiger partial charge >= 0.3 is 7.12 Å². The first-order valence-corrected chi connectivity index (χ1v) is 7.06. The van der Waals surface area contributed by atoms with Gasteiger partial charge in [-0.1, -0.05) is 13.8 Å². The lowest BCUT2D eigenvalue weighted by atomic mass is 9.43. The molecule has 2 nitrogen and oxygen atoms in total. The molecule has 4 heteroatoms. The molecular formula is C12H21BO2S. The van der Waals surface area contributed by atoms with E-state index in [0.29, 0.717) is 17.4 Å². The van der Waals surface area contributed by atoms with Crippen LogP contribution in [-0.2, 0) is 9.31 Å². The van der Waals surface area contributed by atoms with Gasteiger partial charge in [-0.05, 0) is 49.1 Å². The maximum Gasteiger partial charge on any atom is 0.458 e. The first kappa shape index (κ1) is 11.4. The second kappa shape index (κ2) is 3.42. The zero-order chi connectivity index (χ0) is 11.6. The number of hydrogen-bond acceptors (Lipinski definition) is 3. The maximum absolute atomic E-state index is 6.21. The van der Waals surface area contributed by atoms with Crippen molar-refractivity contribution in [3.63, 3.8) is 0 Å². The van der Waals surface area contributed by atoms with E-state index < -0.39 is 0 Å². The van der Waals surface area contributed by atoms with E-state index in [9.17, 15) is 0 Å². The Kier molecular flexibility index (Phi) is 2.45. The normalized spacial score (nSPS) is 48.8. The van der Waals surface area contributed by atoms with Crippen molar-refractivity contribution in [2.45, 2.75) is 51.6 Å². The molecule has 2 unspecified atom stereocenters. The van der Waals surface area contributed by atoms with Crippen LogP contribution in [0.2, 0.25) is 6.32 Å². The van der Waals surface area contributed by atoms with Crippen LogP contribution in [-0.4, -0.2) is 24.6 Å². The highest BCUT2D eigenvalue weighted by Gasteiger charge is 2.67. The molecule has 90 valence electrons. The summed E-state index contributed by atoms with van der Waals surface area (Å²) in [5.41, 5.74) is 0.413. The smallest absolute Gasteiger partial charge is 0.405 e. The van der Waals surface area contributed by atoms with Gasteiger partial charge < -0.3 is 9.31 Å². The standard InChI is InChI=1S/C12H21BO2S/c1-11(2)8-6-9(11)12(3)10(7-8)14-13(15-12)4-5-16/h8-10,16H,4-7H2,1-3H3/t8?,9?,10-,12+/m1/s1. The van der Waals surface area contributed by atoms with Gasteiger partial charge in [0.2, 0.25) is 0 Å². The molecule has 1 saturated heterocycles. The Morgan fingerprint density at radius 1 is 1.31 bits per heavy atom. The lowest BCUT2D eigenvalue weighted by molar-refractivity contribution is -0.199. The molecule has 0 amide bonds. The molecule has 3 aliphatic carbocycles. The van der Waals surface area contributed by atoms with E-state index in [1.165, 1.54) is 12.8 Å². The Bertz CT molecular complexity index is 309. The van der Waals surface area contributed by atoms with Crippen LogP contribution in [0.1, 0.15) is 33.6 Å². The molecule has 0 N–H and O–H groups in total. The molecule has 0 aromatic carbocycles. The highest BCUT2D eigenvalue weighted by molar-refractivity contribution is 7.80. The van der Waals surface area contributed by atoms with Crippen LogP contribution >= 0.6 is 12.6 Å². The summed E-state index contributed by atoms with van der Waals surface area (Å²) >= 11 is 4.26. The molecular weight excluding hydrogens is 219 g/mol. The minimum Gasteiger partial charge on any atom is -0.405 e. The molecule has 4 aliphatic rings. The first-order chi connectivity index (χ1) is 7.48. The summed E-state index contributed by atoms with van der Waals surface area (Å²) in [6.07, 6.45) is 3.75. The Labute approximate surface area is 104 Å². The molecule has 3 saturated carbocycles. The van der Waals surface area contributed by atoms with Crippen molar-refractivity contribution in [2.24, 2.45) is 17.3 Å². The quantitative estimate of drug-likeness (QED) is 0.590. The molecule has 16 heavy (non-hydrogen) atoms. The molecule has 2 bridgehead atoms. The van der Waals surface area contributed by atoms with Gasteiger partial charge in [0.1, 0.15) is 0 Å². The highest BCUT2D eigenvalue weighted by atomic mass is 32.1. The van der Waals surface area contributed by atoms with Crippen molar-refractivity contribution < 1.29 is 9.31 Å². The van der Waals surface area contributed by atoms with Gasteiger partial charge in [-0.3, -0.25) is 0 Å². The fourth-order valence-electron chi connectivity index (χ4n) is 4.18. The largest absolute Gasteiger partial charge is 0.458 e. The Morgan fingerprint density at radius 3 is 2.69 bits per heavy atom. The Hall–Kier alpha value is 0.335. The average Bonchev–Trinajstić information content (AvgIpc) is 2.53. The second-order valence-electron chi connectivity index (χ2n) is 6.41. The zero-order valence-electron chi connectivity index (χ0n) is 10.4. The number of rotatable bonds is 2. The Morgan fingerprint density at radius 2 is 2.06 bits per heavy atom. The monoisotopic (exact) mass is 240 g/mol. The van der Waals surface area contributed by atoms with Crippen molar-refractivity contribution >= 4 is 19.7 Å². The molecule has 1 aliphatic heterocycles. The van der Waals surface area contributed by atoms with E-state index >= 15 is 0 Å². The molecule has 0 spiro atoms. The van der Waals surface area contributed by atoms with Crippen LogP contribution in [0, 0.1) is 17.3 Å². The SMILES string of the molecule is CC1(C)C2CC1[C@]1(C)OB(CCS)O[C@@H]1C2. The van der Waals surface area contributed by atoms with Crippen molar-refractivity contribution in [1.82, 2.24) is 0 Å². The molecule has 4 atom stereocenters. The second-order valence-corrected chi connectivity index (χ2v) is 6.86. The molecule has 4 rings (SSSR count). The predicted molar refractivity (Wildman–Crippen MR) is 68.8 cm³/mol. The number of thiol groups is 1. The fraction of sp³-hybridized carbons (Fsp3) is 1.00. The minimum absolute atomic E-state index is 0.0114. The first-order valence-electron chi connectivity index (χ1n) is 6.42. The minimum atomic E-state index is -0.0358. The molecule has 1 heterocycles. The average molecular weight is 240 g/mol. The summed E-state index contributed by atoms with van der Waals surface area (Å²) in [7, 11) is -0.0114. The van der Waals surface area contributed by atoms with Crippen molar-refractivity contribution in [3.05, 3.63) is 0 Å². The topological polar surface area (TPSA) is 18.5 Å². The van der Waals surface area contributed by atoms with Crippen LogP contribution < -0.4 is 0 Å². The summed E-state index contributed by atoms with van der Waals surface area (Å²) < 4.78 is 12.2. The third-order valence-electron chi connectivity index (χ3n) is 5.37. The van der Waals surface area contributed by atoms with Gasteiger partial charge in [-0.2, -0.15) is 12.6 Å². The van der Waals surface area contributed by atoms with Crippen LogP contribution in [0.3, 0.4) is 0 Å². The lowest BCUT2D eigenvalue weighted by Crippen LogP contribution is -2.65.